The van der Waals surface area contributed by atoms with Gasteiger partial charge in [-0.05, 0) is 0 Å². The molecular formula is C26H43ClN2OSn. The van der Waals surface area contributed by atoms with Crippen molar-refractivity contribution in [2.75, 3.05) is 11.2 Å². The fraction of sp³-hybridized carbons (Fsp3) is 0.654. The normalized spacial score (nSPS) is 13.5. The topological polar surface area (TPSA) is 48.1 Å². The van der Waals surface area contributed by atoms with Crippen molar-refractivity contribution in [2.24, 2.45) is 5.73 Å². The third-order valence-electron chi connectivity index (χ3n) is 6.68. The number of nitrogens with two attached hydrogens (primary N) is 1. The van der Waals surface area contributed by atoms with Crippen molar-refractivity contribution in [1.82, 2.24) is 4.98 Å². The third-order valence-corrected chi connectivity index (χ3v) is 14.4. The molecule has 3 nitrogen and oxygen atoms in total. The van der Waals surface area contributed by atoms with Crippen molar-refractivity contribution >= 4 is 43.5 Å². The molecule has 5 heteroatoms. The van der Waals surface area contributed by atoms with Gasteiger partial charge in [-0.25, -0.2) is 0 Å². The number of rotatable bonds is 16. The molecule has 0 saturated heterocycles. The Morgan fingerprint density at radius 1 is 1.06 bits per heavy atom. The van der Waals surface area contributed by atoms with E-state index < -0.39 is 21.1 Å². The average molecular weight is 554 g/mol. The molecule has 1 atom stereocenters. The first-order valence-corrected chi connectivity index (χ1v) is 17.7. The van der Waals surface area contributed by atoms with E-state index in [0.29, 0.717) is 3.43 Å². The molecule has 0 amide bonds. The van der Waals surface area contributed by atoms with Crippen LogP contribution in [0.15, 0.2) is 30.6 Å². The molecule has 0 radical (unpaired) electrons. The zero-order valence-corrected chi connectivity index (χ0v) is 24.8. The Hall–Kier alpha value is -0.361. The number of hydrogen-bond donors (Lipinski definition) is 1. The van der Waals surface area contributed by atoms with Gasteiger partial charge in [0.1, 0.15) is 0 Å². The van der Waals surface area contributed by atoms with Crippen molar-refractivity contribution in [1.29, 1.82) is 0 Å². The molecule has 31 heavy (non-hydrogen) atoms. The van der Waals surface area contributed by atoms with E-state index in [1.54, 1.807) is 6.20 Å². The summed E-state index contributed by atoms with van der Waals surface area (Å²) in [4.78, 5) is 4.27. The predicted molar refractivity (Wildman–Crippen MR) is 139 cm³/mol. The molecule has 174 valence electrons. The van der Waals surface area contributed by atoms with Gasteiger partial charge < -0.3 is 0 Å². The summed E-state index contributed by atoms with van der Waals surface area (Å²) in [5.41, 5.74) is 7.62. The molecule has 0 fully saturated rings. The minimum absolute atomic E-state index is 0.0781. The maximum atomic E-state index is 6.55. The molecule has 0 bridgehead atoms. The van der Waals surface area contributed by atoms with Crippen LogP contribution in [0, 0.1) is 0 Å². The number of aromatic nitrogens is 1. The Morgan fingerprint density at radius 2 is 1.71 bits per heavy atom. The van der Waals surface area contributed by atoms with E-state index >= 15 is 0 Å². The van der Waals surface area contributed by atoms with E-state index in [0.717, 1.165) is 39.0 Å². The van der Waals surface area contributed by atoms with Gasteiger partial charge in [-0.2, -0.15) is 0 Å². The van der Waals surface area contributed by atoms with E-state index in [1.807, 2.05) is 24.4 Å². The van der Waals surface area contributed by atoms with Gasteiger partial charge in [0, 0.05) is 0 Å². The van der Waals surface area contributed by atoms with Crippen LogP contribution in [0.2, 0.25) is 8.45 Å². The Balaban J connectivity index is 1.91. The Morgan fingerprint density at radius 3 is 2.32 bits per heavy atom. The first kappa shape index (κ1) is 26.9. The second kappa shape index (κ2) is 14.7. The summed E-state index contributed by atoms with van der Waals surface area (Å²) in [6.07, 6.45) is 16.9. The molecule has 1 heterocycles. The summed E-state index contributed by atoms with van der Waals surface area (Å²) in [6, 6.07) is 5.87. The summed E-state index contributed by atoms with van der Waals surface area (Å²) < 4.78 is 7.94. The number of pyridine rings is 1. The first-order chi connectivity index (χ1) is 15.0. The predicted octanol–water partition coefficient (Wildman–Crippen LogP) is 7.15. The molecule has 1 aromatic heterocycles. The van der Waals surface area contributed by atoms with Gasteiger partial charge in [-0.1, -0.05) is 0 Å². The molecule has 0 aliphatic carbocycles. The Labute approximate surface area is 205 Å². The van der Waals surface area contributed by atoms with Gasteiger partial charge in [-0.3, -0.25) is 0 Å². The number of benzene rings is 1. The third kappa shape index (κ3) is 8.83. The summed E-state index contributed by atoms with van der Waals surface area (Å²) in [5, 5.41) is 2.92. The number of nitrogens with zero attached hydrogens (tertiary/aromatic N) is 1. The van der Waals surface area contributed by atoms with Crippen LogP contribution in [-0.2, 0) is 4.74 Å². The van der Waals surface area contributed by atoms with Crippen LogP contribution < -0.4 is 5.73 Å². The van der Waals surface area contributed by atoms with Crippen LogP contribution in [-0.4, -0.2) is 37.4 Å². The first-order valence-electron chi connectivity index (χ1n) is 12.4. The van der Waals surface area contributed by atoms with Gasteiger partial charge in [-0.15, -0.1) is 0 Å². The molecule has 0 spiro atoms. The average Bonchev–Trinajstić information content (AvgIpc) is 2.78. The van der Waals surface area contributed by atoms with Crippen LogP contribution in [0.25, 0.3) is 10.8 Å². The van der Waals surface area contributed by atoms with Crippen LogP contribution >= 0.6 is 11.6 Å². The number of fused-ring (bicyclic) bond motifs is 1. The molecule has 1 aromatic carbocycles. The fourth-order valence-corrected chi connectivity index (χ4v) is 11.4. The Bertz CT molecular complexity index is 748. The summed E-state index contributed by atoms with van der Waals surface area (Å²) in [5.74, 6) is 0. The number of ether oxygens (including phenoxy) is 1. The number of hydrogen-bond acceptors (Lipinski definition) is 3. The minimum atomic E-state index is -1.03. The molecule has 2 aromatic rings. The zero-order chi connectivity index (χ0) is 22.5. The molecular weight excluding hydrogens is 510 g/mol. The SMILES string of the molecule is CCCC[C](CCCC)(CCCC)[SnH2][CH2]OCCC(N)c1cc(Cl)cc2ccncc12. The van der Waals surface area contributed by atoms with Crippen LogP contribution in [0.4, 0.5) is 0 Å². The molecule has 2 rings (SSSR count). The number of halogens is 1. The monoisotopic (exact) mass is 554 g/mol. The van der Waals surface area contributed by atoms with Gasteiger partial charge in [0.25, 0.3) is 0 Å². The second-order valence-corrected chi connectivity index (χ2v) is 16.5. The summed E-state index contributed by atoms with van der Waals surface area (Å²) in [6.45, 7) is 7.71. The molecule has 2 N–H and O–H groups in total. The summed E-state index contributed by atoms with van der Waals surface area (Å²) >= 11 is 5.30. The second-order valence-electron chi connectivity index (χ2n) is 9.16. The van der Waals surface area contributed by atoms with E-state index in [-0.39, 0.29) is 6.04 Å². The maximum absolute atomic E-state index is 6.55. The number of unbranched alkanes of at least 4 members (excludes halogenated alkanes) is 3. The Kier molecular flexibility index (Phi) is 12.8. The van der Waals surface area contributed by atoms with E-state index in [1.165, 1.54) is 57.8 Å². The zero-order valence-electron chi connectivity index (χ0n) is 20.0. The van der Waals surface area contributed by atoms with Crippen molar-refractivity contribution in [3.05, 3.63) is 41.2 Å². The van der Waals surface area contributed by atoms with Gasteiger partial charge in [0.2, 0.25) is 0 Å². The molecule has 0 aliphatic heterocycles. The van der Waals surface area contributed by atoms with Crippen molar-refractivity contribution in [3.63, 3.8) is 0 Å². The van der Waals surface area contributed by atoms with Crippen molar-refractivity contribution < 1.29 is 4.74 Å². The molecule has 0 saturated carbocycles. The van der Waals surface area contributed by atoms with Gasteiger partial charge in [0.15, 0.2) is 0 Å². The summed E-state index contributed by atoms with van der Waals surface area (Å²) in [7, 11) is 0. The quantitative estimate of drug-likeness (QED) is 0.177. The van der Waals surface area contributed by atoms with Gasteiger partial charge >= 0.3 is 206 Å². The van der Waals surface area contributed by atoms with Crippen LogP contribution in [0.1, 0.15) is 96.6 Å². The molecule has 1 unspecified atom stereocenters. The van der Waals surface area contributed by atoms with Crippen LogP contribution in [0.3, 0.4) is 0 Å². The van der Waals surface area contributed by atoms with E-state index in [4.69, 9.17) is 22.1 Å². The molecule has 0 aliphatic rings. The van der Waals surface area contributed by atoms with Crippen molar-refractivity contribution in [3.8, 4) is 0 Å². The van der Waals surface area contributed by atoms with Crippen molar-refractivity contribution in [2.45, 2.75) is 94.5 Å². The fourth-order valence-electron chi connectivity index (χ4n) is 4.66. The van der Waals surface area contributed by atoms with E-state index in [2.05, 4.69) is 25.8 Å². The van der Waals surface area contributed by atoms with Gasteiger partial charge in [0.05, 0.1) is 0 Å². The van der Waals surface area contributed by atoms with Crippen LogP contribution in [0.5, 0.6) is 0 Å². The standard InChI is InChI=1S/C13H14ClN2O.C13H27.Sn.2H/c1-17-5-3-13(15)11-7-10(14)6-9-2-4-16-8-12(9)11;1-4-7-10-13(11-8-5-2)12-9-6-3;;;/h2,4,6-8,13H,1,3,5,15H2;4-12H2,1-3H3;;;. The van der Waals surface area contributed by atoms with E-state index in [9.17, 15) is 0 Å².